The maximum absolute atomic E-state index is 12.2. The molecule has 0 fully saturated rings. The van der Waals surface area contributed by atoms with Crippen LogP contribution in [0.2, 0.25) is 0 Å². The van der Waals surface area contributed by atoms with E-state index < -0.39 is 6.10 Å². The van der Waals surface area contributed by atoms with Gasteiger partial charge in [-0.15, -0.1) is 34.4 Å². The highest BCUT2D eigenvalue weighted by Crippen LogP contribution is 2.30. The van der Waals surface area contributed by atoms with E-state index in [1.54, 1.807) is 23.1 Å². The molecular weight excluding hydrogens is 334 g/mol. The number of amides is 1. The van der Waals surface area contributed by atoms with Crippen molar-refractivity contribution in [1.82, 2.24) is 5.32 Å². The van der Waals surface area contributed by atoms with Crippen LogP contribution in [0.15, 0.2) is 46.7 Å². The Balaban J connectivity index is 1.67. The Morgan fingerprint density at radius 2 is 2.18 bits per heavy atom. The summed E-state index contributed by atoms with van der Waals surface area (Å²) < 4.78 is 1.14. The molecule has 0 spiro atoms. The van der Waals surface area contributed by atoms with Crippen molar-refractivity contribution >= 4 is 50.4 Å². The lowest BCUT2D eigenvalue weighted by Crippen LogP contribution is -2.27. The molecule has 2 aromatic heterocycles. The minimum Gasteiger partial charge on any atom is -0.386 e. The van der Waals surface area contributed by atoms with Gasteiger partial charge in [0.05, 0.1) is 0 Å². The Labute approximate surface area is 141 Å². The summed E-state index contributed by atoms with van der Waals surface area (Å²) in [5, 5.41) is 16.1. The normalized spacial score (nSPS) is 12.5. The number of carbonyl (C=O) groups is 1. The zero-order valence-corrected chi connectivity index (χ0v) is 14.4. The van der Waals surface area contributed by atoms with Crippen LogP contribution in [0.25, 0.3) is 10.1 Å². The van der Waals surface area contributed by atoms with Gasteiger partial charge in [0.15, 0.2) is 0 Å². The van der Waals surface area contributed by atoms with Crippen molar-refractivity contribution in [3.63, 3.8) is 0 Å². The first-order valence-electron chi connectivity index (χ1n) is 6.75. The van der Waals surface area contributed by atoms with Crippen LogP contribution in [0.3, 0.4) is 0 Å². The van der Waals surface area contributed by atoms with Crippen LogP contribution >= 0.6 is 34.4 Å². The SMILES string of the molecule is CSc1ccsc1C(=O)NCC(O)c1cc2ccccc2s1. The van der Waals surface area contributed by atoms with Crippen molar-refractivity contribution in [2.24, 2.45) is 0 Å². The first-order valence-corrected chi connectivity index (χ1v) is 9.67. The van der Waals surface area contributed by atoms with E-state index in [1.165, 1.54) is 11.3 Å². The number of nitrogens with one attached hydrogen (secondary N) is 1. The number of thiophene rings is 2. The molecule has 22 heavy (non-hydrogen) atoms. The fourth-order valence-electron chi connectivity index (χ4n) is 2.16. The van der Waals surface area contributed by atoms with Crippen molar-refractivity contribution in [1.29, 1.82) is 0 Å². The minimum absolute atomic E-state index is 0.125. The van der Waals surface area contributed by atoms with Gasteiger partial charge in [0.1, 0.15) is 11.0 Å². The molecule has 1 atom stereocenters. The van der Waals surface area contributed by atoms with Gasteiger partial charge in [-0.25, -0.2) is 0 Å². The first-order chi connectivity index (χ1) is 10.7. The minimum atomic E-state index is -0.681. The van der Waals surface area contributed by atoms with E-state index in [0.29, 0.717) is 4.88 Å². The van der Waals surface area contributed by atoms with Crippen LogP contribution in [-0.2, 0) is 0 Å². The maximum Gasteiger partial charge on any atom is 0.262 e. The van der Waals surface area contributed by atoms with Gasteiger partial charge in [0.2, 0.25) is 0 Å². The summed E-state index contributed by atoms with van der Waals surface area (Å²) in [5.74, 6) is -0.125. The third kappa shape index (κ3) is 3.20. The third-order valence-corrected chi connectivity index (χ3v) is 6.32. The predicted octanol–water partition coefficient (Wildman–Crippen LogP) is 4.15. The van der Waals surface area contributed by atoms with E-state index >= 15 is 0 Å². The summed E-state index contributed by atoms with van der Waals surface area (Å²) in [7, 11) is 0. The Kier molecular flexibility index (Phi) is 4.83. The number of carbonyl (C=O) groups excluding carboxylic acids is 1. The molecular formula is C16H15NO2S3. The molecule has 0 saturated carbocycles. The van der Waals surface area contributed by atoms with Crippen LogP contribution < -0.4 is 5.32 Å². The molecule has 1 unspecified atom stereocenters. The molecule has 0 aliphatic carbocycles. The van der Waals surface area contributed by atoms with Gasteiger partial charge < -0.3 is 10.4 Å². The van der Waals surface area contributed by atoms with E-state index in [-0.39, 0.29) is 12.5 Å². The fourth-order valence-corrected chi connectivity index (χ4v) is 4.88. The van der Waals surface area contributed by atoms with Gasteiger partial charge in [-0.2, -0.15) is 0 Å². The third-order valence-electron chi connectivity index (χ3n) is 3.28. The Morgan fingerprint density at radius 1 is 1.36 bits per heavy atom. The maximum atomic E-state index is 12.2. The number of aliphatic hydroxyl groups is 1. The van der Waals surface area contributed by atoms with E-state index in [4.69, 9.17) is 0 Å². The highest BCUT2D eigenvalue weighted by Gasteiger charge is 2.16. The van der Waals surface area contributed by atoms with Gasteiger partial charge in [-0.3, -0.25) is 4.79 Å². The topological polar surface area (TPSA) is 49.3 Å². The monoisotopic (exact) mass is 349 g/mol. The number of benzene rings is 1. The lowest BCUT2D eigenvalue weighted by Gasteiger charge is -2.10. The molecule has 3 rings (SSSR count). The molecule has 0 aliphatic rings. The standard InChI is InChI=1S/C16H15NO2S3/c1-20-13-6-7-21-15(13)16(19)17-9-11(18)14-8-10-4-2-3-5-12(10)22-14/h2-8,11,18H,9H2,1H3,(H,17,19). The zero-order valence-electron chi connectivity index (χ0n) is 11.9. The molecule has 2 N–H and O–H groups in total. The molecule has 3 nitrogen and oxygen atoms in total. The van der Waals surface area contributed by atoms with Gasteiger partial charge in [0.25, 0.3) is 5.91 Å². The second kappa shape index (κ2) is 6.83. The van der Waals surface area contributed by atoms with Crippen LogP contribution in [0.5, 0.6) is 0 Å². The molecule has 6 heteroatoms. The largest absolute Gasteiger partial charge is 0.386 e. The fraction of sp³-hybridized carbons (Fsp3) is 0.188. The summed E-state index contributed by atoms with van der Waals surface area (Å²) in [6.07, 6.45) is 1.27. The van der Waals surface area contributed by atoms with Crippen LogP contribution in [0.1, 0.15) is 20.7 Å². The average molecular weight is 350 g/mol. The average Bonchev–Trinajstić information content (AvgIpc) is 3.17. The number of fused-ring (bicyclic) bond motifs is 1. The molecule has 0 radical (unpaired) electrons. The van der Waals surface area contributed by atoms with Crippen molar-refractivity contribution in [2.45, 2.75) is 11.0 Å². The Bertz CT molecular complexity index is 760. The molecule has 2 heterocycles. The molecule has 0 bridgehead atoms. The van der Waals surface area contributed by atoms with Crippen LogP contribution in [-0.4, -0.2) is 23.8 Å². The first kappa shape index (κ1) is 15.6. The molecule has 1 aromatic carbocycles. The smallest absolute Gasteiger partial charge is 0.262 e. The van der Waals surface area contributed by atoms with Crippen molar-refractivity contribution in [2.75, 3.05) is 12.8 Å². The van der Waals surface area contributed by atoms with Gasteiger partial charge in [0, 0.05) is 21.0 Å². The van der Waals surface area contributed by atoms with Gasteiger partial charge in [-0.1, -0.05) is 18.2 Å². The zero-order chi connectivity index (χ0) is 15.5. The van der Waals surface area contributed by atoms with E-state index in [1.807, 2.05) is 48.0 Å². The summed E-state index contributed by atoms with van der Waals surface area (Å²) in [5.41, 5.74) is 0. The lowest BCUT2D eigenvalue weighted by atomic mass is 10.2. The Morgan fingerprint density at radius 3 is 2.95 bits per heavy atom. The second-order valence-electron chi connectivity index (χ2n) is 4.73. The lowest BCUT2D eigenvalue weighted by molar-refractivity contribution is 0.0919. The van der Waals surface area contributed by atoms with E-state index in [0.717, 1.165) is 19.9 Å². The second-order valence-corrected chi connectivity index (χ2v) is 7.61. The van der Waals surface area contributed by atoms with Crippen LogP contribution in [0.4, 0.5) is 0 Å². The number of thioether (sulfide) groups is 1. The van der Waals surface area contributed by atoms with Gasteiger partial charge in [-0.05, 0) is 35.2 Å². The summed E-state index contributed by atoms with van der Waals surface area (Å²) in [6, 6.07) is 11.9. The summed E-state index contributed by atoms with van der Waals surface area (Å²) in [6.45, 7) is 0.220. The summed E-state index contributed by atoms with van der Waals surface area (Å²) >= 11 is 4.53. The van der Waals surface area contributed by atoms with Crippen molar-refractivity contribution in [3.05, 3.63) is 51.5 Å². The molecule has 0 aliphatic heterocycles. The van der Waals surface area contributed by atoms with E-state index in [9.17, 15) is 9.90 Å². The number of rotatable bonds is 5. The van der Waals surface area contributed by atoms with Crippen molar-refractivity contribution in [3.8, 4) is 0 Å². The number of hydrogen-bond acceptors (Lipinski definition) is 5. The Hall–Kier alpha value is -1.34. The molecule has 3 aromatic rings. The molecule has 114 valence electrons. The quantitative estimate of drug-likeness (QED) is 0.680. The number of aliphatic hydroxyl groups excluding tert-OH is 1. The molecule has 0 saturated heterocycles. The highest BCUT2D eigenvalue weighted by atomic mass is 32.2. The molecule has 1 amide bonds. The highest BCUT2D eigenvalue weighted by molar-refractivity contribution is 7.98. The number of hydrogen-bond donors (Lipinski definition) is 2. The van der Waals surface area contributed by atoms with Gasteiger partial charge >= 0.3 is 0 Å². The van der Waals surface area contributed by atoms with Crippen LogP contribution in [0, 0.1) is 0 Å². The summed E-state index contributed by atoms with van der Waals surface area (Å²) in [4.78, 5) is 14.7. The van der Waals surface area contributed by atoms with E-state index in [2.05, 4.69) is 5.32 Å². The van der Waals surface area contributed by atoms with Crippen molar-refractivity contribution < 1.29 is 9.90 Å². The predicted molar refractivity (Wildman–Crippen MR) is 95.2 cm³/mol.